The van der Waals surface area contributed by atoms with Gasteiger partial charge in [-0.15, -0.1) is 0 Å². The van der Waals surface area contributed by atoms with Crippen molar-refractivity contribution in [1.82, 2.24) is 0 Å². The highest BCUT2D eigenvalue weighted by molar-refractivity contribution is 5.58. The molecular weight excluding hydrogens is 272 g/mol. The Morgan fingerprint density at radius 3 is 2.95 bits per heavy atom. The molecule has 2 atom stereocenters. The number of nitrogens with zero attached hydrogens (tertiary/aromatic N) is 1. The van der Waals surface area contributed by atoms with Crippen molar-refractivity contribution in [3.05, 3.63) is 28.3 Å². The maximum absolute atomic E-state index is 11.0. The van der Waals surface area contributed by atoms with E-state index in [-0.39, 0.29) is 11.8 Å². The van der Waals surface area contributed by atoms with E-state index in [1.165, 1.54) is 6.07 Å². The van der Waals surface area contributed by atoms with Crippen LogP contribution in [0.2, 0.25) is 0 Å². The first-order valence-corrected chi connectivity index (χ1v) is 7.38. The zero-order valence-electron chi connectivity index (χ0n) is 12.5. The number of anilines is 1. The first-order valence-electron chi connectivity index (χ1n) is 7.38. The number of nitrogens with one attached hydrogen (secondary N) is 1. The summed E-state index contributed by atoms with van der Waals surface area (Å²) in [6, 6.07) is 4.91. The number of benzene rings is 1. The smallest absolute Gasteiger partial charge is 0.311 e. The Hall–Kier alpha value is -1.82. The Morgan fingerprint density at radius 1 is 1.52 bits per heavy atom. The van der Waals surface area contributed by atoms with E-state index in [0.717, 1.165) is 31.7 Å². The summed E-state index contributed by atoms with van der Waals surface area (Å²) in [5.74, 6) is 0.794. The molecule has 1 aromatic carbocycles. The average Bonchev–Trinajstić information content (AvgIpc) is 2.88. The van der Waals surface area contributed by atoms with Crippen LogP contribution in [-0.2, 0) is 4.74 Å². The molecule has 0 saturated carbocycles. The molecule has 0 amide bonds. The van der Waals surface area contributed by atoms with E-state index in [9.17, 15) is 10.1 Å². The van der Waals surface area contributed by atoms with Crippen molar-refractivity contribution in [2.45, 2.75) is 32.8 Å². The molecular formula is C15H22N2O4. The monoisotopic (exact) mass is 294 g/mol. The van der Waals surface area contributed by atoms with Gasteiger partial charge in [0.05, 0.1) is 17.6 Å². The third-order valence-corrected chi connectivity index (χ3v) is 3.72. The molecule has 0 bridgehead atoms. The Morgan fingerprint density at radius 2 is 2.33 bits per heavy atom. The molecule has 1 saturated heterocycles. The maximum Gasteiger partial charge on any atom is 0.311 e. The highest BCUT2D eigenvalue weighted by Crippen LogP contribution is 2.31. The molecule has 1 heterocycles. The minimum atomic E-state index is -0.415. The maximum atomic E-state index is 11.0. The van der Waals surface area contributed by atoms with Crippen LogP contribution in [0.4, 0.5) is 11.4 Å². The Balaban J connectivity index is 2.04. The number of rotatable bonds is 7. The number of ether oxygens (including phenoxy) is 2. The first kappa shape index (κ1) is 15.6. The van der Waals surface area contributed by atoms with Crippen LogP contribution in [0.3, 0.4) is 0 Å². The molecule has 1 fully saturated rings. The number of nitro benzene ring substituents is 1. The summed E-state index contributed by atoms with van der Waals surface area (Å²) < 4.78 is 11.0. The second kappa shape index (κ2) is 7.26. The molecule has 1 aliphatic heterocycles. The fraction of sp³-hybridized carbons (Fsp3) is 0.600. The molecule has 0 spiro atoms. The van der Waals surface area contributed by atoms with Crippen LogP contribution in [0.5, 0.6) is 5.75 Å². The number of hydrogen-bond acceptors (Lipinski definition) is 5. The van der Waals surface area contributed by atoms with Crippen molar-refractivity contribution in [1.29, 1.82) is 0 Å². The van der Waals surface area contributed by atoms with Gasteiger partial charge in [-0.05, 0) is 25.8 Å². The lowest BCUT2D eigenvalue weighted by atomic mass is 10.0. The fourth-order valence-corrected chi connectivity index (χ4v) is 2.40. The molecule has 1 N–H and O–H groups in total. The molecule has 2 rings (SSSR count). The summed E-state index contributed by atoms with van der Waals surface area (Å²) in [4.78, 5) is 10.6. The molecule has 0 aromatic heterocycles. The topological polar surface area (TPSA) is 73.6 Å². The summed E-state index contributed by atoms with van der Waals surface area (Å²) in [6.07, 6.45) is 2.11. The lowest BCUT2D eigenvalue weighted by molar-refractivity contribution is -0.385. The van der Waals surface area contributed by atoms with Crippen molar-refractivity contribution in [3.8, 4) is 5.75 Å². The van der Waals surface area contributed by atoms with Crippen molar-refractivity contribution in [3.63, 3.8) is 0 Å². The normalized spacial score (nSPS) is 21.2. The summed E-state index contributed by atoms with van der Waals surface area (Å²) in [6.45, 7) is 6.11. The van der Waals surface area contributed by atoms with E-state index in [1.807, 2.05) is 6.92 Å². The molecule has 1 aromatic rings. The van der Waals surface area contributed by atoms with Gasteiger partial charge in [0.15, 0.2) is 5.75 Å². The Bertz CT molecular complexity index is 493. The first-order chi connectivity index (χ1) is 10.1. The third kappa shape index (κ3) is 4.07. The molecule has 6 nitrogen and oxygen atoms in total. The van der Waals surface area contributed by atoms with Gasteiger partial charge in [0.25, 0.3) is 0 Å². The van der Waals surface area contributed by atoms with Gasteiger partial charge in [-0.1, -0.05) is 6.92 Å². The SMILES string of the molecule is CCCOc1cc(NCC2CCOC2C)ccc1[N+](=O)[O-]. The van der Waals surface area contributed by atoms with Gasteiger partial charge < -0.3 is 14.8 Å². The van der Waals surface area contributed by atoms with E-state index in [1.54, 1.807) is 12.1 Å². The lowest BCUT2D eigenvalue weighted by Gasteiger charge is -2.16. The van der Waals surface area contributed by atoms with Crippen LogP contribution >= 0.6 is 0 Å². The van der Waals surface area contributed by atoms with Crippen molar-refractivity contribution in [2.24, 2.45) is 5.92 Å². The fourth-order valence-electron chi connectivity index (χ4n) is 2.40. The zero-order valence-corrected chi connectivity index (χ0v) is 12.5. The van der Waals surface area contributed by atoms with E-state index in [4.69, 9.17) is 9.47 Å². The van der Waals surface area contributed by atoms with Gasteiger partial charge in [-0.2, -0.15) is 0 Å². The van der Waals surface area contributed by atoms with Crippen molar-refractivity contribution in [2.75, 3.05) is 25.1 Å². The van der Waals surface area contributed by atoms with Crippen molar-refractivity contribution < 1.29 is 14.4 Å². The predicted octanol–water partition coefficient (Wildman–Crippen LogP) is 3.22. The van der Waals surface area contributed by atoms with E-state index < -0.39 is 4.92 Å². The quantitative estimate of drug-likeness (QED) is 0.617. The van der Waals surface area contributed by atoms with Crippen LogP contribution in [-0.4, -0.2) is 30.8 Å². The van der Waals surface area contributed by atoms with Crippen LogP contribution in [0.25, 0.3) is 0 Å². The number of nitro groups is 1. The molecule has 6 heteroatoms. The number of hydrogen-bond donors (Lipinski definition) is 1. The minimum absolute atomic E-state index is 0.00608. The van der Waals surface area contributed by atoms with Crippen LogP contribution in [0.1, 0.15) is 26.7 Å². The highest BCUT2D eigenvalue weighted by Gasteiger charge is 2.24. The highest BCUT2D eigenvalue weighted by atomic mass is 16.6. The second-order valence-corrected chi connectivity index (χ2v) is 5.29. The molecule has 21 heavy (non-hydrogen) atoms. The van der Waals surface area contributed by atoms with E-state index in [0.29, 0.717) is 18.3 Å². The van der Waals surface area contributed by atoms with Gasteiger partial charge in [-0.3, -0.25) is 10.1 Å². The van der Waals surface area contributed by atoms with Gasteiger partial charge in [-0.25, -0.2) is 0 Å². The standard InChI is InChI=1S/C15H22N2O4/c1-3-7-21-15-9-13(4-5-14(15)17(18)19)16-10-12-6-8-20-11(12)2/h4-5,9,11-12,16H,3,6-8,10H2,1-2H3. The minimum Gasteiger partial charge on any atom is -0.487 e. The largest absolute Gasteiger partial charge is 0.487 e. The summed E-state index contributed by atoms with van der Waals surface area (Å²) in [7, 11) is 0. The molecule has 0 radical (unpaired) electrons. The molecule has 116 valence electrons. The zero-order chi connectivity index (χ0) is 15.2. The van der Waals surface area contributed by atoms with Gasteiger partial charge in [0, 0.05) is 36.9 Å². The van der Waals surface area contributed by atoms with Crippen LogP contribution < -0.4 is 10.1 Å². The molecule has 0 aliphatic carbocycles. The summed E-state index contributed by atoms with van der Waals surface area (Å²) in [5.41, 5.74) is 0.845. The summed E-state index contributed by atoms with van der Waals surface area (Å²) >= 11 is 0. The lowest BCUT2D eigenvalue weighted by Crippen LogP contribution is -2.20. The van der Waals surface area contributed by atoms with Gasteiger partial charge >= 0.3 is 5.69 Å². The second-order valence-electron chi connectivity index (χ2n) is 5.29. The van der Waals surface area contributed by atoms with Crippen molar-refractivity contribution >= 4 is 11.4 Å². The Kier molecular flexibility index (Phi) is 5.38. The van der Waals surface area contributed by atoms with Gasteiger partial charge in [0.2, 0.25) is 0 Å². The van der Waals surface area contributed by atoms with Crippen LogP contribution in [0, 0.1) is 16.0 Å². The third-order valence-electron chi connectivity index (χ3n) is 3.72. The van der Waals surface area contributed by atoms with E-state index >= 15 is 0 Å². The van der Waals surface area contributed by atoms with Crippen LogP contribution in [0.15, 0.2) is 18.2 Å². The summed E-state index contributed by atoms with van der Waals surface area (Å²) in [5, 5.41) is 14.3. The molecule has 1 aliphatic rings. The van der Waals surface area contributed by atoms with Gasteiger partial charge in [0.1, 0.15) is 0 Å². The van der Waals surface area contributed by atoms with E-state index in [2.05, 4.69) is 12.2 Å². The predicted molar refractivity (Wildman–Crippen MR) is 80.9 cm³/mol. The Labute approximate surface area is 124 Å². The molecule has 2 unspecified atom stereocenters. The average molecular weight is 294 g/mol.